The molecule has 0 aliphatic heterocycles. The molecule has 1 atom stereocenters. The van der Waals surface area contributed by atoms with Gasteiger partial charge in [-0.2, -0.15) is 0 Å². The van der Waals surface area contributed by atoms with Crippen LogP contribution in [0.15, 0.2) is 5.38 Å². The number of amides is 1. The summed E-state index contributed by atoms with van der Waals surface area (Å²) in [5.41, 5.74) is 1.06. The summed E-state index contributed by atoms with van der Waals surface area (Å²) < 4.78 is 0. The first-order valence-corrected chi connectivity index (χ1v) is 6.39. The van der Waals surface area contributed by atoms with E-state index in [4.69, 9.17) is 0 Å². The molecule has 5 heteroatoms. The Balaban J connectivity index is 2.71. The molecule has 0 spiro atoms. The molecular formula is C11H19N3OS. The van der Waals surface area contributed by atoms with Crippen molar-refractivity contribution in [3.8, 4) is 0 Å². The largest absolute Gasteiger partial charge is 0.357 e. The number of nitrogens with one attached hydrogen (secondary N) is 2. The van der Waals surface area contributed by atoms with Crippen molar-refractivity contribution in [3.05, 3.63) is 11.1 Å². The number of anilines is 1. The van der Waals surface area contributed by atoms with Crippen molar-refractivity contribution >= 4 is 22.4 Å². The molecule has 0 aliphatic rings. The molecule has 16 heavy (non-hydrogen) atoms. The third-order valence-electron chi connectivity index (χ3n) is 2.39. The molecule has 1 rings (SSSR count). The van der Waals surface area contributed by atoms with Crippen molar-refractivity contribution in [2.75, 3.05) is 12.4 Å². The maximum absolute atomic E-state index is 11.6. The molecule has 90 valence electrons. The second kappa shape index (κ2) is 5.84. The highest BCUT2D eigenvalue weighted by atomic mass is 32.1. The Morgan fingerprint density at radius 2 is 2.25 bits per heavy atom. The lowest BCUT2D eigenvalue weighted by Gasteiger charge is -2.19. The fraction of sp³-hybridized carbons (Fsp3) is 0.636. The van der Waals surface area contributed by atoms with E-state index in [1.165, 1.54) is 0 Å². The molecule has 0 fully saturated rings. The average molecular weight is 241 g/mol. The third kappa shape index (κ3) is 3.20. The van der Waals surface area contributed by atoms with Crippen molar-refractivity contribution in [1.29, 1.82) is 0 Å². The molecular weight excluding hydrogens is 222 g/mol. The van der Waals surface area contributed by atoms with Crippen LogP contribution in [0, 0.1) is 5.92 Å². The molecule has 0 saturated heterocycles. The van der Waals surface area contributed by atoms with Gasteiger partial charge >= 0.3 is 0 Å². The van der Waals surface area contributed by atoms with Gasteiger partial charge in [0.15, 0.2) is 5.13 Å². The second-order valence-corrected chi connectivity index (χ2v) is 4.84. The topological polar surface area (TPSA) is 54.0 Å². The van der Waals surface area contributed by atoms with Gasteiger partial charge in [-0.1, -0.05) is 20.8 Å². The molecule has 0 aromatic carbocycles. The zero-order chi connectivity index (χ0) is 12.1. The van der Waals surface area contributed by atoms with E-state index in [0.717, 1.165) is 17.2 Å². The molecule has 1 heterocycles. The van der Waals surface area contributed by atoms with Gasteiger partial charge in [0, 0.05) is 12.4 Å². The molecule has 0 saturated carbocycles. The number of likely N-dealkylation sites (N-methyl/N-ethyl adjacent to an activating group) is 1. The Morgan fingerprint density at radius 1 is 1.56 bits per heavy atom. The van der Waals surface area contributed by atoms with Crippen LogP contribution in [-0.2, 0) is 11.2 Å². The lowest BCUT2D eigenvalue weighted by Crippen LogP contribution is -2.41. The summed E-state index contributed by atoms with van der Waals surface area (Å²) in [6.07, 6.45) is 0.921. The number of rotatable bonds is 5. The number of aryl methyl sites for hydroxylation is 1. The highest BCUT2D eigenvalue weighted by Gasteiger charge is 2.21. The molecule has 2 N–H and O–H groups in total. The van der Waals surface area contributed by atoms with Gasteiger partial charge in [0.25, 0.3) is 0 Å². The molecule has 1 aromatic rings. The minimum Gasteiger partial charge on any atom is -0.357 e. The number of hydrogen-bond acceptors (Lipinski definition) is 4. The maximum Gasteiger partial charge on any atom is 0.242 e. The molecule has 0 radical (unpaired) electrons. The summed E-state index contributed by atoms with van der Waals surface area (Å²) in [6, 6.07) is -0.221. The first kappa shape index (κ1) is 13.0. The Hall–Kier alpha value is -1.10. The van der Waals surface area contributed by atoms with Crippen molar-refractivity contribution in [2.45, 2.75) is 33.2 Å². The Kier molecular flexibility index (Phi) is 4.73. The summed E-state index contributed by atoms with van der Waals surface area (Å²) in [5.74, 6) is 0.233. The predicted octanol–water partition coefficient (Wildman–Crippen LogP) is 1.89. The van der Waals surface area contributed by atoms with Crippen LogP contribution in [0.5, 0.6) is 0 Å². The van der Waals surface area contributed by atoms with Crippen LogP contribution >= 0.6 is 11.3 Å². The van der Waals surface area contributed by atoms with Crippen LogP contribution in [0.3, 0.4) is 0 Å². The molecule has 0 unspecified atom stereocenters. The highest BCUT2D eigenvalue weighted by molar-refractivity contribution is 7.13. The molecule has 1 amide bonds. The minimum absolute atomic E-state index is 0.00301. The fourth-order valence-corrected chi connectivity index (χ4v) is 2.19. The van der Waals surface area contributed by atoms with Crippen molar-refractivity contribution in [1.82, 2.24) is 10.3 Å². The number of hydrogen-bond donors (Lipinski definition) is 2. The van der Waals surface area contributed by atoms with Gasteiger partial charge in [-0.15, -0.1) is 11.3 Å². The van der Waals surface area contributed by atoms with Gasteiger partial charge in [-0.25, -0.2) is 4.98 Å². The van der Waals surface area contributed by atoms with Gasteiger partial charge in [0.1, 0.15) is 6.04 Å². The lowest BCUT2D eigenvalue weighted by atomic mass is 10.0. The number of nitrogens with zero attached hydrogens (tertiary/aromatic N) is 1. The van der Waals surface area contributed by atoms with Crippen LogP contribution in [0.4, 0.5) is 5.13 Å². The van der Waals surface area contributed by atoms with E-state index in [0.29, 0.717) is 0 Å². The second-order valence-electron chi connectivity index (χ2n) is 3.98. The summed E-state index contributed by atoms with van der Waals surface area (Å²) in [5, 5.41) is 8.68. The van der Waals surface area contributed by atoms with Gasteiger partial charge in [0.2, 0.25) is 5.91 Å². The summed E-state index contributed by atoms with van der Waals surface area (Å²) in [6.45, 7) is 6.10. The number of thiazole rings is 1. The van der Waals surface area contributed by atoms with Crippen LogP contribution in [0.2, 0.25) is 0 Å². The van der Waals surface area contributed by atoms with Crippen LogP contribution in [-0.4, -0.2) is 24.0 Å². The van der Waals surface area contributed by atoms with Gasteiger partial charge < -0.3 is 10.6 Å². The van der Waals surface area contributed by atoms with Crippen LogP contribution in [0.25, 0.3) is 0 Å². The van der Waals surface area contributed by atoms with Crippen molar-refractivity contribution in [3.63, 3.8) is 0 Å². The summed E-state index contributed by atoms with van der Waals surface area (Å²) in [7, 11) is 1.65. The Bertz CT molecular complexity index is 349. The van der Waals surface area contributed by atoms with E-state index >= 15 is 0 Å². The minimum atomic E-state index is -0.221. The monoisotopic (exact) mass is 241 g/mol. The van der Waals surface area contributed by atoms with E-state index in [-0.39, 0.29) is 17.9 Å². The van der Waals surface area contributed by atoms with Crippen molar-refractivity contribution < 1.29 is 4.79 Å². The fourth-order valence-electron chi connectivity index (χ4n) is 1.36. The van der Waals surface area contributed by atoms with Crippen molar-refractivity contribution in [2.24, 2.45) is 5.92 Å². The predicted molar refractivity (Wildman–Crippen MR) is 67.8 cm³/mol. The maximum atomic E-state index is 11.6. The third-order valence-corrected chi connectivity index (χ3v) is 3.21. The van der Waals surface area contributed by atoms with E-state index in [2.05, 4.69) is 22.5 Å². The smallest absolute Gasteiger partial charge is 0.242 e. The van der Waals surface area contributed by atoms with E-state index in [1.807, 2.05) is 19.2 Å². The standard InChI is InChI=1S/C11H19N3OS/c1-5-8-6-16-11(13-8)14-9(7(2)3)10(15)12-4/h6-7,9H,5H2,1-4H3,(H,12,15)(H,13,14)/t9-/m0/s1. The van der Waals surface area contributed by atoms with Gasteiger partial charge in [0.05, 0.1) is 5.69 Å². The SMILES string of the molecule is CCc1csc(N[C@H](C(=O)NC)C(C)C)n1. The van der Waals surface area contributed by atoms with Gasteiger partial charge in [-0.3, -0.25) is 4.79 Å². The van der Waals surface area contributed by atoms with E-state index < -0.39 is 0 Å². The average Bonchev–Trinajstić information content (AvgIpc) is 2.72. The quantitative estimate of drug-likeness (QED) is 0.827. The molecule has 0 bridgehead atoms. The number of carbonyl (C=O) groups excluding carboxylic acids is 1. The number of carbonyl (C=O) groups is 1. The van der Waals surface area contributed by atoms with Gasteiger partial charge in [-0.05, 0) is 12.3 Å². The number of aromatic nitrogens is 1. The van der Waals surface area contributed by atoms with E-state index in [9.17, 15) is 4.79 Å². The Labute approximate surface area is 100 Å². The van der Waals surface area contributed by atoms with Crippen LogP contribution in [0.1, 0.15) is 26.5 Å². The first-order valence-electron chi connectivity index (χ1n) is 5.51. The lowest BCUT2D eigenvalue weighted by molar-refractivity contribution is -0.122. The normalized spacial score (nSPS) is 12.6. The summed E-state index contributed by atoms with van der Waals surface area (Å²) in [4.78, 5) is 16.0. The van der Waals surface area contributed by atoms with E-state index in [1.54, 1.807) is 18.4 Å². The van der Waals surface area contributed by atoms with Crippen LogP contribution < -0.4 is 10.6 Å². The molecule has 1 aromatic heterocycles. The zero-order valence-electron chi connectivity index (χ0n) is 10.2. The Morgan fingerprint density at radius 3 is 2.69 bits per heavy atom. The molecule has 4 nitrogen and oxygen atoms in total. The highest BCUT2D eigenvalue weighted by Crippen LogP contribution is 2.18. The zero-order valence-corrected chi connectivity index (χ0v) is 11.0. The summed E-state index contributed by atoms with van der Waals surface area (Å²) >= 11 is 1.55. The molecule has 0 aliphatic carbocycles. The first-order chi connectivity index (χ1) is 7.58.